The van der Waals surface area contributed by atoms with Crippen LogP contribution in [0.25, 0.3) is 0 Å². The quantitative estimate of drug-likeness (QED) is 0.769. The summed E-state index contributed by atoms with van der Waals surface area (Å²) in [5, 5.41) is 2.93. The summed E-state index contributed by atoms with van der Waals surface area (Å²) in [7, 11) is -3.46. The Morgan fingerprint density at radius 3 is 2.45 bits per heavy atom. The van der Waals surface area contributed by atoms with Gasteiger partial charge in [0, 0.05) is 38.3 Å². The van der Waals surface area contributed by atoms with Crippen LogP contribution in [-0.4, -0.2) is 46.3 Å². The summed E-state index contributed by atoms with van der Waals surface area (Å²) >= 11 is 0. The summed E-state index contributed by atoms with van der Waals surface area (Å²) in [6.07, 6.45) is 4.47. The second-order valence-corrected chi connectivity index (χ2v) is 10.0. The van der Waals surface area contributed by atoms with E-state index in [0.29, 0.717) is 18.0 Å². The number of fused-ring (bicyclic) bond motifs is 1. The van der Waals surface area contributed by atoms with Crippen molar-refractivity contribution in [2.24, 2.45) is 0 Å². The highest BCUT2D eigenvalue weighted by atomic mass is 32.2. The second kappa shape index (κ2) is 9.18. The van der Waals surface area contributed by atoms with Gasteiger partial charge in [0.2, 0.25) is 10.0 Å². The molecule has 1 unspecified atom stereocenters. The number of sulfonamides is 1. The molecule has 1 saturated heterocycles. The smallest absolute Gasteiger partial charge is 0.261 e. The van der Waals surface area contributed by atoms with Gasteiger partial charge in [0.1, 0.15) is 5.75 Å². The van der Waals surface area contributed by atoms with E-state index in [-0.39, 0.29) is 18.9 Å². The Bertz CT molecular complexity index is 1020. The normalized spacial score (nSPS) is 19.2. The standard InChI is InChI=1S/C23H29N3O4S/c1-31(28,29)26-16-13-22(30-21-8-4-3-7-20(21)26)23(27)24-17-18-9-11-19(12-10-18)25-14-5-2-6-15-25/h3-4,7-12,22H,2,5-6,13-17H2,1H3,(H,24,27). The summed E-state index contributed by atoms with van der Waals surface area (Å²) in [6, 6.07) is 15.2. The molecule has 2 aromatic carbocycles. The maximum atomic E-state index is 12.8. The van der Waals surface area contributed by atoms with Crippen molar-refractivity contribution in [3.8, 4) is 5.75 Å². The Kier molecular flexibility index (Phi) is 6.36. The molecule has 0 bridgehead atoms. The van der Waals surface area contributed by atoms with E-state index in [1.54, 1.807) is 24.3 Å². The van der Waals surface area contributed by atoms with Crippen molar-refractivity contribution in [3.05, 3.63) is 54.1 Å². The number of nitrogens with zero attached hydrogens (tertiary/aromatic N) is 2. The number of carbonyl (C=O) groups is 1. The Balaban J connectivity index is 1.39. The predicted octanol–water partition coefficient (Wildman–Crippen LogP) is 2.91. The van der Waals surface area contributed by atoms with Gasteiger partial charge in [-0.25, -0.2) is 8.42 Å². The first kappa shape index (κ1) is 21.5. The molecule has 0 aromatic heterocycles. The maximum absolute atomic E-state index is 12.8. The van der Waals surface area contributed by atoms with Crippen molar-refractivity contribution in [2.45, 2.75) is 38.3 Å². The molecule has 166 valence electrons. The molecule has 0 spiro atoms. The van der Waals surface area contributed by atoms with Crippen LogP contribution in [0.5, 0.6) is 5.75 Å². The Hall–Kier alpha value is -2.74. The largest absolute Gasteiger partial charge is 0.478 e. The number of hydrogen-bond acceptors (Lipinski definition) is 5. The summed E-state index contributed by atoms with van der Waals surface area (Å²) in [5.74, 6) is 0.154. The lowest BCUT2D eigenvalue weighted by atomic mass is 10.1. The average Bonchev–Trinajstić information content (AvgIpc) is 2.98. The number of amides is 1. The van der Waals surface area contributed by atoms with Crippen LogP contribution < -0.4 is 19.3 Å². The minimum atomic E-state index is -3.46. The zero-order valence-electron chi connectivity index (χ0n) is 17.8. The van der Waals surface area contributed by atoms with Crippen molar-refractivity contribution < 1.29 is 17.9 Å². The van der Waals surface area contributed by atoms with Crippen LogP contribution in [0.3, 0.4) is 0 Å². The zero-order chi connectivity index (χ0) is 21.8. The van der Waals surface area contributed by atoms with Crippen molar-refractivity contribution in [2.75, 3.05) is 35.1 Å². The van der Waals surface area contributed by atoms with Crippen molar-refractivity contribution in [1.29, 1.82) is 0 Å². The van der Waals surface area contributed by atoms with Crippen LogP contribution in [0.2, 0.25) is 0 Å². The van der Waals surface area contributed by atoms with Gasteiger partial charge in [-0.1, -0.05) is 24.3 Å². The molecule has 0 aliphatic carbocycles. The molecule has 4 rings (SSSR count). The summed E-state index contributed by atoms with van der Waals surface area (Å²) in [4.78, 5) is 15.2. The second-order valence-electron chi connectivity index (χ2n) is 8.13. The molecule has 2 aliphatic rings. The molecule has 1 N–H and O–H groups in total. The third kappa shape index (κ3) is 5.12. The molecule has 31 heavy (non-hydrogen) atoms. The molecule has 0 radical (unpaired) electrons. The number of hydrogen-bond donors (Lipinski definition) is 1. The van der Waals surface area contributed by atoms with Gasteiger partial charge in [0.15, 0.2) is 6.10 Å². The molecule has 1 atom stereocenters. The topological polar surface area (TPSA) is 79.0 Å². The van der Waals surface area contributed by atoms with E-state index in [0.717, 1.165) is 24.9 Å². The van der Waals surface area contributed by atoms with Gasteiger partial charge in [-0.05, 0) is 49.1 Å². The fourth-order valence-electron chi connectivity index (χ4n) is 4.14. The summed E-state index contributed by atoms with van der Waals surface area (Å²) in [5.41, 5.74) is 2.70. The lowest BCUT2D eigenvalue weighted by Gasteiger charge is -2.28. The monoisotopic (exact) mass is 443 g/mol. The molecule has 2 aliphatic heterocycles. The van der Waals surface area contributed by atoms with E-state index in [2.05, 4.69) is 22.3 Å². The number of anilines is 2. The van der Waals surface area contributed by atoms with Crippen LogP contribution in [-0.2, 0) is 21.4 Å². The minimum absolute atomic E-state index is 0.193. The Morgan fingerprint density at radius 1 is 1.03 bits per heavy atom. The van der Waals surface area contributed by atoms with Gasteiger partial charge in [0.25, 0.3) is 5.91 Å². The number of ether oxygens (including phenoxy) is 1. The van der Waals surface area contributed by atoms with E-state index in [9.17, 15) is 13.2 Å². The highest BCUT2D eigenvalue weighted by molar-refractivity contribution is 7.92. The molecule has 1 fully saturated rings. The molecule has 2 heterocycles. The average molecular weight is 444 g/mol. The third-order valence-electron chi connectivity index (χ3n) is 5.81. The number of piperidine rings is 1. The third-order valence-corrected chi connectivity index (χ3v) is 6.99. The van der Waals surface area contributed by atoms with Crippen LogP contribution >= 0.6 is 0 Å². The van der Waals surface area contributed by atoms with Crippen LogP contribution in [0, 0.1) is 0 Å². The lowest BCUT2D eigenvalue weighted by molar-refractivity contribution is -0.128. The van der Waals surface area contributed by atoms with Crippen LogP contribution in [0.4, 0.5) is 11.4 Å². The summed E-state index contributed by atoms with van der Waals surface area (Å²) < 4.78 is 31.6. The first-order valence-electron chi connectivity index (χ1n) is 10.8. The fraction of sp³-hybridized carbons (Fsp3) is 0.435. The number of para-hydroxylation sites is 2. The molecular formula is C23H29N3O4S. The van der Waals surface area contributed by atoms with Crippen molar-refractivity contribution in [1.82, 2.24) is 5.32 Å². The van der Waals surface area contributed by atoms with Crippen molar-refractivity contribution >= 4 is 27.3 Å². The molecule has 2 aromatic rings. The molecule has 7 nitrogen and oxygen atoms in total. The first-order chi connectivity index (χ1) is 14.9. The number of rotatable bonds is 5. The van der Waals surface area contributed by atoms with Crippen LogP contribution in [0.1, 0.15) is 31.2 Å². The summed E-state index contributed by atoms with van der Waals surface area (Å²) in [6.45, 7) is 2.79. The van der Waals surface area contributed by atoms with Gasteiger partial charge < -0.3 is 15.0 Å². The lowest BCUT2D eigenvalue weighted by Crippen LogP contribution is -2.39. The molecule has 8 heteroatoms. The van der Waals surface area contributed by atoms with E-state index >= 15 is 0 Å². The van der Waals surface area contributed by atoms with Gasteiger partial charge in [0.05, 0.1) is 11.9 Å². The minimum Gasteiger partial charge on any atom is -0.478 e. The predicted molar refractivity (Wildman–Crippen MR) is 122 cm³/mol. The number of nitrogens with one attached hydrogen (secondary N) is 1. The van der Waals surface area contributed by atoms with Gasteiger partial charge in [-0.15, -0.1) is 0 Å². The fourth-order valence-corrected chi connectivity index (χ4v) is 5.08. The SMILES string of the molecule is CS(=O)(=O)N1CCC(C(=O)NCc2ccc(N3CCCCC3)cc2)Oc2ccccc21. The highest BCUT2D eigenvalue weighted by Gasteiger charge is 2.30. The van der Waals surface area contributed by atoms with E-state index in [1.807, 2.05) is 12.1 Å². The first-order valence-corrected chi connectivity index (χ1v) is 12.6. The van der Waals surface area contributed by atoms with Gasteiger partial charge >= 0.3 is 0 Å². The Morgan fingerprint density at radius 2 is 1.74 bits per heavy atom. The number of carbonyl (C=O) groups excluding carboxylic acids is 1. The molecule has 0 saturated carbocycles. The van der Waals surface area contributed by atoms with E-state index in [4.69, 9.17) is 4.74 Å². The highest BCUT2D eigenvalue weighted by Crippen LogP contribution is 2.33. The van der Waals surface area contributed by atoms with Crippen LogP contribution in [0.15, 0.2) is 48.5 Å². The van der Waals surface area contributed by atoms with Gasteiger partial charge in [-0.2, -0.15) is 0 Å². The Labute approximate surface area is 184 Å². The molecule has 1 amide bonds. The zero-order valence-corrected chi connectivity index (χ0v) is 18.6. The molecular weight excluding hydrogens is 414 g/mol. The van der Waals surface area contributed by atoms with Gasteiger partial charge in [-0.3, -0.25) is 9.10 Å². The van der Waals surface area contributed by atoms with Crippen molar-refractivity contribution in [3.63, 3.8) is 0 Å². The maximum Gasteiger partial charge on any atom is 0.261 e. The number of benzene rings is 2. The van der Waals surface area contributed by atoms with E-state index in [1.165, 1.54) is 29.3 Å². The van der Waals surface area contributed by atoms with E-state index < -0.39 is 16.1 Å².